The van der Waals surface area contributed by atoms with E-state index in [9.17, 15) is 4.79 Å². The highest BCUT2D eigenvalue weighted by molar-refractivity contribution is 5.77. The Balaban J connectivity index is 2.30. The number of nitrogens with two attached hydrogens (primary N) is 1. The molecule has 0 aliphatic carbocycles. The van der Waals surface area contributed by atoms with E-state index in [4.69, 9.17) is 19.9 Å². The summed E-state index contributed by atoms with van der Waals surface area (Å²) in [5, 5.41) is 3.13. The average molecular weight is 386 g/mol. The summed E-state index contributed by atoms with van der Waals surface area (Å²) in [6, 6.07) is 13.6. The molecule has 1 amide bonds. The molecule has 6 nitrogen and oxygen atoms in total. The van der Waals surface area contributed by atoms with Crippen molar-refractivity contribution in [2.24, 2.45) is 5.73 Å². The molecule has 0 aliphatic rings. The number of carbonyl (C=O) groups is 1. The van der Waals surface area contributed by atoms with Crippen LogP contribution in [0.3, 0.4) is 0 Å². The van der Waals surface area contributed by atoms with Crippen LogP contribution in [0.4, 0.5) is 0 Å². The summed E-state index contributed by atoms with van der Waals surface area (Å²) in [7, 11) is 4.76. The maximum absolute atomic E-state index is 12.6. The van der Waals surface area contributed by atoms with E-state index in [-0.39, 0.29) is 24.5 Å². The molecule has 3 N–H and O–H groups in total. The van der Waals surface area contributed by atoms with E-state index in [1.54, 1.807) is 21.3 Å². The highest BCUT2D eigenvalue weighted by Crippen LogP contribution is 2.31. The van der Waals surface area contributed by atoms with Crippen LogP contribution in [0.2, 0.25) is 0 Å². The molecule has 0 radical (unpaired) electrons. The first-order valence-electron chi connectivity index (χ1n) is 9.31. The molecule has 0 aliphatic heterocycles. The lowest BCUT2D eigenvalue weighted by Crippen LogP contribution is -2.35. The van der Waals surface area contributed by atoms with E-state index in [0.717, 1.165) is 5.56 Å². The van der Waals surface area contributed by atoms with Gasteiger partial charge in [-0.15, -0.1) is 0 Å². The van der Waals surface area contributed by atoms with Gasteiger partial charge in [0.2, 0.25) is 5.91 Å². The zero-order chi connectivity index (χ0) is 20.5. The van der Waals surface area contributed by atoms with Gasteiger partial charge >= 0.3 is 0 Å². The van der Waals surface area contributed by atoms with E-state index in [2.05, 4.69) is 24.4 Å². The Labute approximate surface area is 167 Å². The van der Waals surface area contributed by atoms with E-state index < -0.39 is 0 Å². The summed E-state index contributed by atoms with van der Waals surface area (Å²) in [4.78, 5) is 12.6. The first kappa shape index (κ1) is 21.7. The van der Waals surface area contributed by atoms with Crippen LogP contribution in [0.5, 0.6) is 11.5 Å². The molecule has 0 saturated carbocycles. The summed E-state index contributed by atoms with van der Waals surface area (Å²) >= 11 is 0. The van der Waals surface area contributed by atoms with Crippen molar-refractivity contribution in [3.8, 4) is 11.5 Å². The predicted octanol–water partition coefficient (Wildman–Crippen LogP) is 2.78. The lowest BCUT2D eigenvalue weighted by Gasteiger charge is -2.23. The molecule has 0 aromatic heterocycles. The van der Waals surface area contributed by atoms with Crippen molar-refractivity contribution >= 4 is 5.91 Å². The van der Waals surface area contributed by atoms with Crippen molar-refractivity contribution < 1.29 is 19.0 Å². The molecule has 0 saturated heterocycles. The SMILES string of the molecule is COc1ccc(C(Cc2ccccc2C)NC(=O)CC(CN)OC)cc1OC. The number of nitrogens with one attached hydrogen (secondary N) is 1. The Morgan fingerprint density at radius 1 is 1.07 bits per heavy atom. The third kappa shape index (κ3) is 5.71. The smallest absolute Gasteiger partial charge is 0.223 e. The van der Waals surface area contributed by atoms with Crippen LogP contribution in [-0.2, 0) is 16.0 Å². The van der Waals surface area contributed by atoms with Crippen molar-refractivity contribution in [1.82, 2.24) is 5.32 Å². The van der Waals surface area contributed by atoms with Gasteiger partial charge in [-0.3, -0.25) is 4.79 Å². The molecule has 152 valence electrons. The van der Waals surface area contributed by atoms with Crippen molar-refractivity contribution in [2.45, 2.75) is 31.9 Å². The molecule has 28 heavy (non-hydrogen) atoms. The second-order valence-corrected chi connectivity index (χ2v) is 6.66. The molecule has 0 heterocycles. The van der Waals surface area contributed by atoms with E-state index in [0.29, 0.717) is 24.5 Å². The average Bonchev–Trinajstić information content (AvgIpc) is 2.72. The largest absolute Gasteiger partial charge is 0.493 e. The molecule has 0 spiro atoms. The minimum absolute atomic E-state index is 0.106. The molecular formula is C22H30N2O4. The van der Waals surface area contributed by atoms with E-state index in [1.165, 1.54) is 11.1 Å². The molecule has 0 fully saturated rings. The predicted molar refractivity (Wildman–Crippen MR) is 110 cm³/mol. The van der Waals surface area contributed by atoms with Crippen molar-refractivity contribution in [1.29, 1.82) is 0 Å². The Hall–Kier alpha value is -2.57. The maximum atomic E-state index is 12.6. The van der Waals surface area contributed by atoms with E-state index in [1.807, 2.05) is 30.3 Å². The fourth-order valence-electron chi connectivity index (χ4n) is 3.10. The first-order valence-corrected chi connectivity index (χ1v) is 9.31. The summed E-state index contributed by atoms with van der Waals surface area (Å²) in [6.07, 6.45) is 0.572. The van der Waals surface area contributed by atoms with Gasteiger partial charge in [0.25, 0.3) is 0 Å². The molecule has 2 unspecified atom stereocenters. The topological polar surface area (TPSA) is 82.8 Å². The second-order valence-electron chi connectivity index (χ2n) is 6.66. The lowest BCUT2D eigenvalue weighted by molar-refractivity contribution is -0.124. The third-order valence-corrected chi connectivity index (χ3v) is 4.84. The van der Waals surface area contributed by atoms with Gasteiger partial charge in [0.15, 0.2) is 11.5 Å². The van der Waals surface area contributed by atoms with Crippen molar-refractivity contribution in [3.63, 3.8) is 0 Å². The summed E-state index contributed by atoms with van der Waals surface area (Å²) in [5.74, 6) is 1.17. The van der Waals surface area contributed by atoms with Crippen LogP contribution in [0.1, 0.15) is 29.2 Å². The van der Waals surface area contributed by atoms with Crippen molar-refractivity contribution in [3.05, 3.63) is 59.2 Å². The van der Waals surface area contributed by atoms with E-state index >= 15 is 0 Å². The Bertz CT molecular complexity index is 775. The second kappa shape index (κ2) is 10.7. The Morgan fingerprint density at radius 2 is 1.79 bits per heavy atom. The lowest BCUT2D eigenvalue weighted by atomic mass is 9.95. The van der Waals surface area contributed by atoms with Gasteiger partial charge in [-0.2, -0.15) is 0 Å². The number of methoxy groups -OCH3 is 3. The van der Waals surface area contributed by atoms with Crippen LogP contribution in [0, 0.1) is 6.92 Å². The van der Waals surface area contributed by atoms with Gasteiger partial charge in [-0.25, -0.2) is 0 Å². The molecule has 2 atom stereocenters. The Kier molecular flexibility index (Phi) is 8.29. The third-order valence-electron chi connectivity index (χ3n) is 4.84. The molecular weight excluding hydrogens is 356 g/mol. The molecule has 2 aromatic rings. The number of hydrogen-bond acceptors (Lipinski definition) is 5. The van der Waals surface area contributed by atoms with Crippen LogP contribution >= 0.6 is 0 Å². The zero-order valence-corrected chi connectivity index (χ0v) is 17.0. The summed E-state index contributed by atoms with van der Waals surface area (Å²) in [6.45, 7) is 2.36. The number of rotatable bonds is 10. The van der Waals surface area contributed by atoms with Crippen LogP contribution in [0.15, 0.2) is 42.5 Å². The maximum Gasteiger partial charge on any atom is 0.223 e. The number of ether oxygens (including phenoxy) is 3. The molecule has 2 aromatic carbocycles. The van der Waals surface area contributed by atoms with Gasteiger partial charge in [0.1, 0.15) is 0 Å². The van der Waals surface area contributed by atoms with Gasteiger partial charge in [-0.05, 0) is 42.2 Å². The highest BCUT2D eigenvalue weighted by Gasteiger charge is 2.20. The monoisotopic (exact) mass is 386 g/mol. The number of benzene rings is 2. The number of aryl methyl sites for hydroxylation is 1. The molecule has 0 bridgehead atoms. The quantitative estimate of drug-likeness (QED) is 0.656. The van der Waals surface area contributed by atoms with Gasteiger partial charge in [-0.1, -0.05) is 30.3 Å². The normalized spacial score (nSPS) is 12.9. The fourth-order valence-corrected chi connectivity index (χ4v) is 3.10. The number of carbonyl (C=O) groups excluding carboxylic acids is 1. The first-order chi connectivity index (χ1) is 13.5. The highest BCUT2D eigenvalue weighted by atomic mass is 16.5. The summed E-state index contributed by atoms with van der Waals surface area (Å²) < 4.78 is 16.0. The standard InChI is InChI=1S/C22H30N2O4/c1-15-7-5-6-8-16(15)11-19(24-22(25)13-18(14-23)26-2)17-9-10-20(27-3)21(12-17)28-4/h5-10,12,18-19H,11,13-14,23H2,1-4H3,(H,24,25). The summed E-state index contributed by atoms with van der Waals surface area (Å²) in [5.41, 5.74) is 8.94. The Morgan fingerprint density at radius 3 is 2.39 bits per heavy atom. The van der Waals surface area contributed by atoms with Crippen LogP contribution in [0.25, 0.3) is 0 Å². The minimum Gasteiger partial charge on any atom is -0.493 e. The zero-order valence-electron chi connectivity index (χ0n) is 17.0. The number of hydrogen-bond donors (Lipinski definition) is 2. The molecule has 6 heteroatoms. The van der Waals surface area contributed by atoms with Crippen molar-refractivity contribution in [2.75, 3.05) is 27.9 Å². The fraction of sp³-hybridized carbons (Fsp3) is 0.409. The minimum atomic E-state index is -0.301. The molecule has 2 rings (SSSR count). The van der Waals surface area contributed by atoms with Crippen LogP contribution in [-0.4, -0.2) is 39.9 Å². The number of amides is 1. The van der Waals surface area contributed by atoms with Gasteiger partial charge in [0.05, 0.1) is 32.8 Å². The van der Waals surface area contributed by atoms with Crippen LogP contribution < -0.4 is 20.5 Å². The van der Waals surface area contributed by atoms with Gasteiger partial charge < -0.3 is 25.3 Å². The van der Waals surface area contributed by atoms with Gasteiger partial charge in [0, 0.05) is 13.7 Å².